The second kappa shape index (κ2) is 8.43. The van der Waals surface area contributed by atoms with Crippen molar-refractivity contribution in [3.63, 3.8) is 0 Å². The smallest absolute Gasteiger partial charge is 0.282 e. The minimum absolute atomic E-state index is 0.0604. The molecule has 2 aromatic heterocycles. The average Bonchev–Trinajstić information content (AvgIpc) is 3.50. The van der Waals surface area contributed by atoms with E-state index in [1.54, 1.807) is 29.5 Å². The number of likely N-dealkylation sites (tertiary alicyclic amines) is 1. The molecule has 0 spiro atoms. The molecular weight excluding hydrogens is 390 g/mol. The van der Waals surface area contributed by atoms with Gasteiger partial charge in [-0.2, -0.15) is 10.2 Å². The number of thiophene rings is 1. The lowest BCUT2D eigenvalue weighted by Crippen LogP contribution is -2.30. The molecule has 148 valence electrons. The fourth-order valence-electron chi connectivity index (χ4n) is 3.58. The number of para-hydroxylation sites is 1. The van der Waals surface area contributed by atoms with Crippen molar-refractivity contribution in [2.24, 2.45) is 0 Å². The third-order valence-corrected chi connectivity index (χ3v) is 5.95. The molecule has 1 aliphatic rings. The first kappa shape index (κ1) is 19.1. The molecule has 1 atom stereocenters. The van der Waals surface area contributed by atoms with Gasteiger partial charge in [0, 0.05) is 17.5 Å². The molecule has 29 heavy (non-hydrogen) atoms. The number of nitro groups is 1. The van der Waals surface area contributed by atoms with Crippen LogP contribution in [0.5, 0.6) is 0 Å². The van der Waals surface area contributed by atoms with Crippen molar-refractivity contribution in [3.8, 4) is 17.5 Å². The van der Waals surface area contributed by atoms with E-state index in [-0.39, 0.29) is 34.8 Å². The number of hydrogen-bond donors (Lipinski definition) is 1. The predicted molar refractivity (Wildman–Crippen MR) is 110 cm³/mol. The van der Waals surface area contributed by atoms with Crippen molar-refractivity contribution >= 4 is 22.9 Å². The van der Waals surface area contributed by atoms with Crippen LogP contribution in [0.4, 0.5) is 11.6 Å². The minimum Gasteiger partial charge on any atom is -0.419 e. The van der Waals surface area contributed by atoms with Crippen LogP contribution in [-0.2, 0) is 0 Å². The van der Waals surface area contributed by atoms with E-state index in [0.29, 0.717) is 6.54 Å². The summed E-state index contributed by atoms with van der Waals surface area (Å²) >= 11 is 1.70. The molecule has 0 amide bonds. The molecule has 1 aromatic carbocycles. The largest absolute Gasteiger partial charge is 0.419 e. The zero-order chi connectivity index (χ0) is 20.2. The zero-order valence-corrected chi connectivity index (χ0v) is 16.4. The van der Waals surface area contributed by atoms with Crippen LogP contribution in [0.3, 0.4) is 0 Å². The maximum Gasteiger partial charge on any atom is 0.282 e. The molecule has 8 nitrogen and oxygen atoms in total. The molecule has 1 aliphatic heterocycles. The lowest BCUT2D eigenvalue weighted by molar-refractivity contribution is -0.384. The summed E-state index contributed by atoms with van der Waals surface area (Å²) in [6, 6.07) is 12.5. The van der Waals surface area contributed by atoms with E-state index < -0.39 is 4.92 Å². The van der Waals surface area contributed by atoms with E-state index in [1.807, 2.05) is 12.1 Å². The molecule has 9 heteroatoms. The summed E-state index contributed by atoms with van der Waals surface area (Å²) in [5, 5.41) is 26.0. The summed E-state index contributed by atoms with van der Waals surface area (Å²) in [6.45, 7) is 2.63. The first-order valence-electron chi connectivity index (χ1n) is 9.33. The topological polar surface area (TPSA) is 108 Å². The van der Waals surface area contributed by atoms with Crippen LogP contribution in [0, 0.1) is 21.4 Å². The molecule has 0 bridgehead atoms. The molecule has 1 saturated heterocycles. The first-order valence-corrected chi connectivity index (χ1v) is 10.2. The second-order valence-corrected chi connectivity index (χ2v) is 7.72. The van der Waals surface area contributed by atoms with Gasteiger partial charge in [-0.05, 0) is 43.4 Å². The van der Waals surface area contributed by atoms with E-state index in [9.17, 15) is 15.4 Å². The molecule has 3 aromatic rings. The van der Waals surface area contributed by atoms with Gasteiger partial charge in [0.15, 0.2) is 0 Å². The van der Waals surface area contributed by atoms with Gasteiger partial charge in [-0.15, -0.1) is 11.3 Å². The Morgan fingerprint density at radius 3 is 2.79 bits per heavy atom. The number of nitriles is 1. The molecule has 1 N–H and O–H groups in total. The van der Waals surface area contributed by atoms with Crippen molar-refractivity contribution in [2.75, 3.05) is 25.0 Å². The maximum absolute atomic E-state index is 11.3. The first-order chi connectivity index (χ1) is 14.2. The van der Waals surface area contributed by atoms with Crippen LogP contribution in [-0.4, -0.2) is 34.4 Å². The summed E-state index contributed by atoms with van der Waals surface area (Å²) in [7, 11) is 0. The summed E-state index contributed by atoms with van der Waals surface area (Å²) in [6.07, 6.45) is 2.35. The number of nitrogens with one attached hydrogen (secondary N) is 1. The minimum atomic E-state index is -0.487. The standard InChI is InChI=1S/C20H19N5O3S/c21-12-15-20(28-19(23-15)14-6-1-2-7-16(14)25(26)27)22-13-17(18-8-5-11-29-18)24-9-3-4-10-24/h1-2,5-8,11,17,22H,3-4,9-10,13H2. The maximum atomic E-state index is 11.3. The Labute approximate surface area is 171 Å². The van der Waals surface area contributed by atoms with Crippen LogP contribution in [0.15, 0.2) is 46.2 Å². The molecular formula is C20H19N5O3S. The van der Waals surface area contributed by atoms with Gasteiger partial charge in [-0.3, -0.25) is 15.0 Å². The molecule has 0 saturated carbocycles. The van der Waals surface area contributed by atoms with E-state index >= 15 is 0 Å². The van der Waals surface area contributed by atoms with Gasteiger partial charge in [-0.25, -0.2) is 0 Å². The number of hydrogen-bond acceptors (Lipinski definition) is 8. The van der Waals surface area contributed by atoms with Crippen LogP contribution in [0.1, 0.15) is 29.5 Å². The van der Waals surface area contributed by atoms with Crippen LogP contribution >= 0.6 is 11.3 Å². The van der Waals surface area contributed by atoms with E-state index in [4.69, 9.17) is 4.42 Å². The van der Waals surface area contributed by atoms with Crippen LogP contribution < -0.4 is 5.32 Å². The van der Waals surface area contributed by atoms with Crippen molar-refractivity contribution in [1.82, 2.24) is 9.88 Å². The Kier molecular flexibility index (Phi) is 5.55. The number of nitro benzene ring substituents is 1. The Balaban J connectivity index is 1.59. The number of rotatable bonds is 7. The number of nitrogens with zero attached hydrogens (tertiary/aromatic N) is 4. The lowest BCUT2D eigenvalue weighted by Gasteiger charge is -2.26. The lowest BCUT2D eigenvalue weighted by atomic mass is 10.2. The summed E-state index contributed by atoms with van der Waals surface area (Å²) in [5.41, 5.74) is 0.222. The van der Waals surface area contributed by atoms with Crippen LogP contribution in [0.2, 0.25) is 0 Å². The fraction of sp³-hybridized carbons (Fsp3) is 0.300. The van der Waals surface area contributed by atoms with E-state index in [0.717, 1.165) is 13.1 Å². The highest BCUT2D eigenvalue weighted by atomic mass is 32.1. The number of anilines is 1. The summed E-state index contributed by atoms with van der Waals surface area (Å²) < 4.78 is 5.75. The van der Waals surface area contributed by atoms with Gasteiger partial charge in [0.1, 0.15) is 11.6 Å². The summed E-state index contributed by atoms with van der Waals surface area (Å²) in [5.74, 6) is 0.298. The van der Waals surface area contributed by atoms with Gasteiger partial charge >= 0.3 is 0 Å². The van der Waals surface area contributed by atoms with E-state index in [1.165, 1.54) is 23.8 Å². The zero-order valence-electron chi connectivity index (χ0n) is 15.6. The van der Waals surface area contributed by atoms with E-state index in [2.05, 4.69) is 26.6 Å². The van der Waals surface area contributed by atoms with Crippen molar-refractivity contribution in [3.05, 3.63) is 62.5 Å². The van der Waals surface area contributed by atoms with Gasteiger partial charge in [0.05, 0.1) is 11.0 Å². The second-order valence-electron chi connectivity index (χ2n) is 6.74. The van der Waals surface area contributed by atoms with Gasteiger partial charge in [-0.1, -0.05) is 18.2 Å². The van der Waals surface area contributed by atoms with Gasteiger partial charge in [0.25, 0.3) is 5.69 Å². The Hall–Kier alpha value is -3.22. The highest BCUT2D eigenvalue weighted by Gasteiger charge is 2.26. The van der Waals surface area contributed by atoms with Crippen molar-refractivity contribution < 1.29 is 9.34 Å². The molecule has 3 heterocycles. The highest BCUT2D eigenvalue weighted by Crippen LogP contribution is 2.33. The average molecular weight is 409 g/mol. The molecule has 1 fully saturated rings. The van der Waals surface area contributed by atoms with Crippen LogP contribution in [0.25, 0.3) is 11.5 Å². The van der Waals surface area contributed by atoms with Gasteiger partial charge < -0.3 is 9.73 Å². The van der Waals surface area contributed by atoms with Crippen molar-refractivity contribution in [2.45, 2.75) is 18.9 Å². The Bertz CT molecular complexity index is 1030. The predicted octanol–water partition coefficient (Wildman–Crippen LogP) is 4.43. The SMILES string of the molecule is N#Cc1nc(-c2ccccc2[N+](=O)[O-])oc1NCC(c1cccs1)N1CCCC1. The normalized spacial score (nSPS) is 15.1. The quantitative estimate of drug-likeness (QED) is 0.454. The number of oxazole rings is 1. The van der Waals surface area contributed by atoms with Gasteiger partial charge in [0.2, 0.25) is 17.5 Å². The molecule has 0 radical (unpaired) electrons. The fourth-order valence-corrected chi connectivity index (χ4v) is 4.44. The number of aromatic nitrogens is 1. The Morgan fingerprint density at radius 1 is 1.31 bits per heavy atom. The van der Waals surface area contributed by atoms with Crippen molar-refractivity contribution in [1.29, 1.82) is 5.26 Å². The third-order valence-electron chi connectivity index (χ3n) is 4.97. The number of benzene rings is 1. The monoisotopic (exact) mass is 409 g/mol. The third kappa shape index (κ3) is 3.99. The molecule has 1 unspecified atom stereocenters. The highest BCUT2D eigenvalue weighted by molar-refractivity contribution is 7.10. The molecule has 4 rings (SSSR count). The summed E-state index contributed by atoms with van der Waals surface area (Å²) in [4.78, 5) is 18.7. The molecule has 0 aliphatic carbocycles. The Morgan fingerprint density at radius 2 is 2.10 bits per heavy atom.